The maximum Gasteiger partial charge on any atom is 0.472 e. The number of phosphoric ester groups is 1. The van der Waals surface area contributed by atoms with Crippen molar-refractivity contribution < 1.29 is 126 Å². The van der Waals surface area contributed by atoms with Crippen LogP contribution in [-0.2, 0) is 75.5 Å². The first-order chi connectivity index (χ1) is 48.2. The number of aliphatic hydroxyl groups excluding tert-OH is 9. The maximum atomic E-state index is 13.0. The van der Waals surface area contributed by atoms with Crippen LogP contribution in [0.25, 0.3) is 0 Å². The van der Waals surface area contributed by atoms with Crippen molar-refractivity contribution in [1.82, 2.24) is 16.0 Å². The Bertz CT molecular complexity index is 2290. The number of carbonyl (C=O) groups is 5. The van der Waals surface area contributed by atoms with Crippen LogP contribution in [0.2, 0.25) is 0 Å². The number of esters is 2. The average Bonchev–Trinajstić information content (AvgIpc) is 0.780. The average molecular weight is 1460 g/mol. The highest BCUT2D eigenvalue weighted by atomic mass is 31.2. The number of phosphoric acid groups is 1. The molecule has 0 aromatic carbocycles. The van der Waals surface area contributed by atoms with Gasteiger partial charge in [0.1, 0.15) is 79.8 Å². The van der Waals surface area contributed by atoms with Gasteiger partial charge in [-0.15, -0.1) is 0 Å². The van der Waals surface area contributed by atoms with Crippen LogP contribution in [0.5, 0.6) is 0 Å². The van der Waals surface area contributed by atoms with Crippen molar-refractivity contribution in [3.63, 3.8) is 0 Å². The number of amides is 3. The molecule has 3 amide bonds. The molecule has 30 heteroatoms. The van der Waals surface area contributed by atoms with Crippen molar-refractivity contribution in [2.45, 2.75) is 331 Å². The minimum Gasteiger partial charge on any atom is -0.462 e. The molecule has 582 valence electrons. The molecule has 0 spiro atoms. The molecular weight excluding hydrogens is 1330 g/mol. The molecule has 3 aliphatic heterocycles. The van der Waals surface area contributed by atoms with Gasteiger partial charge < -0.3 is 105 Å². The number of rotatable bonds is 58. The minimum absolute atomic E-state index is 0.0267. The fourth-order valence-corrected chi connectivity index (χ4v) is 12.4. The molecular formula is C70H126N3O26P. The van der Waals surface area contributed by atoms with Gasteiger partial charge in [-0.25, -0.2) is 4.57 Å². The summed E-state index contributed by atoms with van der Waals surface area (Å²) >= 11 is 0. The molecule has 13 N–H and O–H groups in total. The van der Waals surface area contributed by atoms with Crippen LogP contribution in [0.4, 0.5) is 0 Å². The van der Waals surface area contributed by atoms with Crippen LogP contribution < -0.4 is 16.0 Å². The Balaban J connectivity index is 1.37. The zero-order valence-corrected chi connectivity index (χ0v) is 60.6. The molecule has 17 atom stereocenters. The van der Waals surface area contributed by atoms with Crippen LogP contribution in [0.1, 0.15) is 233 Å². The Morgan fingerprint density at radius 3 is 1.43 bits per heavy atom. The second kappa shape index (κ2) is 54.9. The van der Waals surface area contributed by atoms with Crippen molar-refractivity contribution in [3.05, 3.63) is 24.3 Å². The highest BCUT2D eigenvalue weighted by Crippen LogP contribution is 2.43. The van der Waals surface area contributed by atoms with Crippen LogP contribution in [0.15, 0.2) is 24.3 Å². The highest BCUT2D eigenvalue weighted by molar-refractivity contribution is 7.47. The van der Waals surface area contributed by atoms with E-state index in [1.807, 2.05) is 0 Å². The predicted molar refractivity (Wildman–Crippen MR) is 367 cm³/mol. The summed E-state index contributed by atoms with van der Waals surface area (Å²) in [5.41, 5.74) is 0. The van der Waals surface area contributed by atoms with E-state index in [1.54, 1.807) is 0 Å². The summed E-state index contributed by atoms with van der Waals surface area (Å²) in [6, 6.07) is -1.36. The summed E-state index contributed by atoms with van der Waals surface area (Å²) in [7, 11) is -4.73. The first-order valence-electron chi connectivity index (χ1n) is 37.1. The van der Waals surface area contributed by atoms with E-state index in [0.29, 0.717) is 25.7 Å². The van der Waals surface area contributed by atoms with Gasteiger partial charge in [-0.05, 0) is 83.5 Å². The van der Waals surface area contributed by atoms with Crippen molar-refractivity contribution >= 4 is 37.5 Å². The SMILES string of the molecule is CCCCCCCCC=CCCCCCCCC(=O)O[C@H](COC(=O)CCCCCCC/C=C\CCCCCCCC)COP(=O)(O)OCCNC(=O)CCCCC(=O)NCCCO[C@@H]1O[C@H](CO)[C@@H](O[C@@H]2O[C@H](CO)[C@H](O)[C@H](O[C@H]3O[C@H](CO)[C@H](O)[C@H](O)[C@H]3O)[C@H]2O)[C@H](O)[C@H]1NC(C)=O. The van der Waals surface area contributed by atoms with Crippen LogP contribution in [0.3, 0.4) is 0 Å². The third-order valence-electron chi connectivity index (χ3n) is 17.6. The quantitative estimate of drug-likeness (QED) is 0.0156. The monoisotopic (exact) mass is 1460 g/mol. The Morgan fingerprint density at radius 1 is 0.460 bits per heavy atom. The van der Waals surface area contributed by atoms with Gasteiger partial charge in [-0.1, -0.05) is 141 Å². The van der Waals surface area contributed by atoms with Gasteiger partial charge in [0, 0.05) is 45.7 Å². The predicted octanol–water partition coefficient (Wildman–Crippen LogP) is 5.44. The number of ether oxygens (including phenoxy) is 8. The van der Waals surface area contributed by atoms with E-state index in [1.165, 1.54) is 77.0 Å². The van der Waals surface area contributed by atoms with E-state index in [-0.39, 0.29) is 64.3 Å². The number of nitrogens with one attached hydrogen (secondary N) is 3. The fourth-order valence-electron chi connectivity index (χ4n) is 11.7. The number of carbonyl (C=O) groups excluding carboxylic acids is 5. The summed E-state index contributed by atoms with van der Waals surface area (Å²) in [5.74, 6) is -2.41. The van der Waals surface area contributed by atoms with Crippen LogP contribution in [-0.4, -0.2) is 238 Å². The van der Waals surface area contributed by atoms with Gasteiger partial charge in [0.2, 0.25) is 17.7 Å². The molecule has 100 heavy (non-hydrogen) atoms. The van der Waals surface area contributed by atoms with E-state index in [9.17, 15) is 79.4 Å². The number of allylic oxidation sites excluding steroid dienone is 4. The zero-order valence-electron chi connectivity index (χ0n) is 59.7. The molecule has 3 heterocycles. The van der Waals surface area contributed by atoms with Gasteiger partial charge in [-0.2, -0.15) is 0 Å². The van der Waals surface area contributed by atoms with E-state index >= 15 is 0 Å². The summed E-state index contributed by atoms with van der Waals surface area (Å²) in [6.07, 6.45) is 14.1. The molecule has 3 rings (SSSR count). The third kappa shape index (κ3) is 38.4. The molecule has 29 nitrogen and oxygen atoms in total. The lowest BCUT2D eigenvalue weighted by atomic mass is 9.95. The topological polar surface area (TPSA) is 433 Å². The first-order valence-corrected chi connectivity index (χ1v) is 38.6. The molecule has 0 saturated carbocycles. The molecule has 3 aliphatic rings. The summed E-state index contributed by atoms with van der Waals surface area (Å²) in [4.78, 5) is 73.8. The Kier molecular flexibility index (Phi) is 49.7. The number of hydrogen-bond acceptors (Lipinski definition) is 25. The maximum absolute atomic E-state index is 13.0. The number of hydrogen-bond donors (Lipinski definition) is 13. The second-order valence-corrected chi connectivity index (χ2v) is 27.7. The molecule has 1 unspecified atom stereocenters. The molecule has 3 saturated heterocycles. The van der Waals surface area contributed by atoms with Gasteiger partial charge in [-0.3, -0.25) is 33.0 Å². The van der Waals surface area contributed by atoms with Gasteiger partial charge in [0.25, 0.3) is 0 Å². The van der Waals surface area contributed by atoms with Crippen molar-refractivity contribution in [1.29, 1.82) is 0 Å². The highest BCUT2D eigenvalue weighted by Gasteiger charge is 2.54. The standard InChI is InChI=1S/C70H126N3O26P/c1-4-6-8-10-12-14-16-18-20-22-24-26-28-30-32-39-57(80)91-48-51(94-58(81)40-33-31-29-27-25-23-21-19-17-15-13-11-9-7-5-2)49-93-100(88,89)92-44-42-72-56(79)38-35-34-37-55(78)71-41-36-43-90-68-59(73-50(3)77)62(84)66(54(47-76)97-68)98-70-65(87)67(61(83)53(46-75)96-70)99-69-64(86)63(85)60(82)52(45-74)95-69/h18-21,51-54,59-70,74-76,82-87H,4-17,22-49H2,1-3H3,(H,71,78)(H,72,79)(H,73,77)(H,88,89)/b20-18-,21-19?/t51-,52-,53-,54-,59-,60+,61+,62-,63+,64-,65-,66-,67+,68-,69-,70+/m1/s1. The summed E-state index contributed by atoms with van der Waals surface area (Å²) in [5, 5.41) is 103. The van der Waals surface area contributed by atoms with Crippen molar-refractivity contribution in [3.8, 4) is 0 Å². The third-order valence-corrected chi connectivity index (χ3v) is 18.6. The van der Waals surface area contributed by atoms with Gasteiger partial charge in [0.05, 0.1) is 39.6 Å². The van der Waals surface area contributed by atoms with Crippen LogP contribution in [0, 0.1) is 0 Å². The van der Waals surface area contributed by atoms with E-state index in [0.717, 1.165) is 84.0 Å². The second-order valence-electron chi connectivity index (χ2n) is 26.2. The molecule has 0 bridgehead atoms. The van der Waals surface area contributed by atoms with E-state index in [2.05, 4.69) is 54.1 Å². The van der Waals surface area contributed by atoms with E-state index < -0.39 is 163 Å². The Labute approximate surface area is 592 Å². The minimum atomic E-state index is -4.73. The lowest BCUT2D eigenvalue weighted by Gasteiger charge is -2.48. The summed E-state index contributed by atoms with van der Waals surface area (Å²) in [6.45, 7) is 1.58. The van der Waals surface area contributed by atoms with Crippen molar-refractivity contribution in [2.24, 2.45) is 0 Å². The van der Waals surface area contributed by atoms with E-state index in [4.69, 9.17) is 46.9 Å². The fraction of sp³-hybridized carbons (Fsp3) is 0.871. The van der Waals surface area contributed by atoms with Crippen molar-refractivity contribution in [2.75, 3.05) is 59.3 Å². The molecule has 0 radical (unpaired) electrons. The first kappa shape index (κ1) is 90.6. The summed E-state index contributed by atoms with van der Waals surface area (Å²) < 4.78 is 68.4. The lowest BCUT2D eigenvalue weighted by Crippen LogP contribution is -2.68. The largest absolute Gasteiger partial charge is 0.472 e. The molecule has 0 aromatic rings. The molecule has 3 fully saturated rings. The lowest BCUT2D eigenvalue weighted by molar-refractivity contribution is -0.376. The smallest absolute Gasteiger partial charge is 0.462 e. The van der Waals surface area contributed by atoms with Crippen LogP contribution >= 0.6 is 7.82 Å². The Morgan fingerprint density at radius 2 is 0.910 bits per heavy atom. The van der Waals surface area contributed by atoms with Gasteiger partial charge in [0.15, 0.2) is 25.0 Å². The Hall–Kier alpha value is -3.66. The number of aliphatic hydroxyl groups is 9. The molecule has 0 aliphatic carbocycles. The normalized spacial score (nSPS) is 26.5. The molecule has 0 aromatic heterocycles. The van der Waals surface area contributed by atoms with Gasteiger partial charge >= 0.3 is 19.8 Å². The number of unbranched alkanes of at least 4 members (excludes halogenated alkanes) is 23. The zero-order chi connectivity index (χ0) is 73.3.